The second-order valence-corrected chi connectivity index (χ2v) is 4.48. The second kappa shape index (κ2) is 5.04. The van der Waals surface area contributed by atoms with Crippen molar-refractivity contribution in [2.45, 2.75) is 25.2 Å². The molecule has 4 heteroatoms. The third kappa shape index (κ3) is 2.42. The minimum atomic E-state index is -1.04. The van der Waals surface area contributed by atoms with Crippen LogP contribution in [0, 0.1) is 0 Å². The Labute approximate surface area is 105 Å². The molecular formula is C14H15NO3. The van der Waals surface area contributed by atoms with Crippen molar-refractivity contribution in [2.75, 3.05) is 0 Å². The van der Waals surface area contributed by atoms with Crippen molar-refractivity contribution in [3.63, 3.8) is 0 Å². The molecule has 2 rings (SSSR count). The van der Waals surface area contributed by atoms with Gasteiger partial charge >= 0.3 is 5.97 Å². The van der Waals surface area contributed by atoms with E-state index >= 15 is 0 Å². The molecule has 0 aromatic heterocycles. The number of carboxylic acid groups (broad SMARTS) is 1. The van der Waals surface area contributed by atoms with Crippen molar-refractivity contribution in [1.82, 2.24) is 0 Å². The number of rotatable bonds is 3. The Morgan fingerprint density at radius 2 is 1.83 bits per heavy atom. The van der Waals surface area contributed by atoms with E-state index in [2.05, 4.69) is 0 Å². The summed E-state index contributed by atoms with van der Waals surface area (Å²) in [5, 5.41) is 9.16. The highest BCUT2D eigenvalue weighted by Gasteiger charge is 2.28. The van der Waals surface area contributed by atoms with Crippen molar-refractivity contribution < 1.29 is 14.7 Å². The molecule has 1 aliphatic carbocycles. The molecule has 0 spiro atoms. The molecule has 3 N–H and O–H groups in total. The van der Waals surface area contributed by atoms with Gasteiger partial charge in [0.25, 0.3) is 0 Å². The first kappa shape index (κ1) is 12.4. The normalized spacial score (nSPS) is 19.7. The summed E-state index contributed by atoms with van der Waals surface area (Å²) in [6.45, 7) is 0. The summed E-state index contributed by atoms with van der Waals surface area (Å²) in [5.74, 6) is -1.50. The molecule has 0 radical (unpaired) electrons. The van der Waals surface area contributed by atoms with Crippen molar-refractivity contribution in [1.29, 1.82) is 0 Å². The Balaban J connectivity index is 2.29. The Hall–Kier alpha value is -2.10. The van der Waals surface area contributed by atoms with Crippen LogP contribution in [0.5, 0.6) is 0 Å². The summed E-state index contributed by atoms with van der Waals surface area (Å²) < 4.78 is 0. The molecule has 1 aliphatic rings. The van der Waals surface area contributed by atoms with Crippen LogP contribution in [0.25, 0.3) is 0 Å². The van der Waals surface area contributed by atoms with Crippen LogP contribution in [0.1, 0.15) is 30.7 Å². The van der Waals surface area contributed by atoms with Gasteiger partial charge in [0.2, 0.25) is 5.91 Å². The summed E-state index contributed by atoms with van der Waals surface area (Å²) >= 11 is 0. The molecule has 94 valence electrons. The van der Waals surface area contributed by atoms with Crippen molar-refractivity contribution in [2.24, 2.45) is 5.73 Å². The van der Waals surface area contributed by atoms with E-state index in [0.717, 1.165) is 12.0 Å². The molecule has 1 aromatic rings. The Bertz CT molecular complexity index is 505. The molecule has 0 saturated heterocycles. The minimum Gasteiger partial charge on any atom is -0.478 e. The monoisotopic (exact) mass is 245 g/mol. The highest BCUT2D eigenvalue weighted by atomic mass is 16.4. The average molecular weight is 245 g/mol. The molecule has 0 heterocycles. The van der Waals surface area contributed by atoms with Gasteiger partial charge in [0, 0.05) is 11.1 Å². The zero-order valence-electron chi connectivity index (χ0n) is 9.93. The number of carboxylic acids is 1. The van der Waals surface area contributed by atoms with Gasteiger partial charge in [-0.2, -0.15) is 0 Å². The molecule has 18 heavy (non-hydrogen) atoms. The molecule has 1 unspecified atom stereocenters. The lowest BCUT2D eigenvalue weighted by atomic mass is 9.80. The van der Waals surface area contributed by atoms with Crippen LogP contribution in [0.4, 0.5) is 0 Å². The number of amides is 1. The van der Waals surface area contributed by atoms with Gasteiger partial charge < -0.3 is 10.8 Å². The van der Waals surface area contributed by atoms with Gasteiger partial charge in [0.1, 0.15) is 0 Å². The number of primary amides is 1. The number of hydrogen-bond acceptors (Lipinski definition) is 2. The molecule has 4 nitrogen and oxygen atoms in total. The number of carbonyl (C=O) groups is 2. The number of aliphatic carboxylic acids is 1. The van der Waals surface area contributed by atoms with Crippen molar-refractivity contribution in [3.05, 3.63) is 47.0 Å². The predicted octanol–water partition coefficient (Wildman–Crippen LogP) is 1.82. The molecular weight excluding hydrogens is 230 g/mol. The fourth-order valence-corrected chi connectivity index (χ4v) is 2.44. The van der Waals surface area contributed by atoms with E-state index in [1.54, 1.807) is 0 Å². The van der Waals surface area contributed by atoms with E-state index in [0.29, 0.717) is 12.8 Å². The topological polar surface area (TPSA) is 80.4 Å². The average Bonchev–Trinajstić information content (AvgIpc) is 2.39. The largest absolute Gasteiger partial charge is 0.478 e. The summed E-state index contributed by atoms with van der Waals surface area (Å²) in [5.41, 5.74) is 6.77. The number of nitrogens with two attached hydrogens (primary N) is 1. The standard InChI is InChI=1S/C14H15NO3/c15-13(16)11-7-6-10(8-12(11)14(17)18)9-4-2-1-3-5-9/h1-5,10H,6-8H2,(H2,15,16)(H,17,18). The zero-order chi connectivity index (χ0) is 13.1. The van der Waals surface area contributed by atoms with E-state index in [-0.39, 0.29) is 17.1 Å². The minimum absolute atomic E-state index is 0.153. The van der Waals surface area contributed by atoms with E-state index in [1.165, 1.54) is 0 Å². The zero-order valence-corrected chi connectivity index (χ0v) is 9.93. The predicted molar refractivity (Wildman–Crippen MR) is 66.9 cm³/mol. The smallest absolute Gasteiger partial charge is 0.332 e. The van der Waals surface area contributed by atoms with Crippen LogP contribution in [-0.4, -0.2) is 17.0 Å². The van der Waals surface area contributed by atoms with Gasteiger partial charge in [-0.05, 0) is 30.7 Å². The van der Waals surface area contributed by atoms with Gasteiger partial charge in [-0.3, -0.25) is 4.79 Å². The van der Waals surface area contributed by atoms with Crippen LogP contribution in [-0.2, 0) is 9.59 Å². The summed E-state index contributed by atoms with van der Waals surface area (Å²) in [7, 11) is 0. The molecule has 1 aromatic carbocycles. The Kier molecular flexibility index (Phi) is 3.46. The van der Waals surface area contributed by atoms with Crippen LogP contribution < -0.4 is 5.73 Å². The van der Waals surface area contributed by atoms with E-state index < -0.39 is 11.9 Å². The lowest BCUT2D eigenvalue weighted by molar-refractivity contribution is -0.133. The summed E-state index contributed by atoms with van der Waals surface area (Å²) in [6.07, 6.45) is 1.58. The maximum absolute atomic E-state index is 11.2. The quantitative estimate of drug-likeness (QED) is 0.852. The second-order valence-electron chi connectivity index (χ2n) is 4.48. The van der Waals surface area contributed by atoms with Gasteiger partial charge in [0.05, 0.1) is 0 Å². The first-order chi connectivity index (χ1) is 8.59. The highest BCUT2D eigenvalue weighted by Crippen LogP contribution is 2.36. The number of benzene rings is 1. The lowest BCUT2D eigenvalue weighted by Crippen LogP contribution is -2.23. The maximum Gasteiger partial charge on any atom is 0.332 e. The van der Waals surface area contributed by atoms with Gasteiger partial charge in [0.15, 0.2) is 0 Å². The third-order valence-corrected chi connectivity index (χ3v) is 3.38. The highest BCUT2D eigenvalue weighted by molar-refractivity contribution is 6.01. The molecule has 1 amide bonds. The molecule has 0 fully saturated rings. The van der Waals surface area contributed by atoms with Crippen molar-refractivity contribution >= 4 is 11.9 Å². The molecule has 0 saturated carbocycles. The van der Waals surface area contributed by atoms with Crippen LogP contribution in [0.3, 0.4) is 0 Å². The first-order valence-corrected chi connectivity index (χ1v) is 5.89. The summed E-state index contributed by atoms with van der Waals surface area (Å²) in [6, 6.07) is 9.76. The molecule has 0 bridgehead atoms. The number of hydrogen-bond donors (Lipinski definition) is 2. The fraction of sp³-hybridized carbons (Fsp3) is 0.286. The van der Waals surface area contributed by atoms with Crippen LogP contribution in [0.2, 0.25) is 0 Å². The van der Waals surface area contributed by atoms with Crippen LogP contribution >= 0.6 is 0 Å². The Morgan fingerprint density at radius 1 is 1.17 bits per heavy atom. The SMILES string of the molecule is NC(=O)C1=C(C(=O)O)CC(c2ccccc2)CC1. The first-order valence-electron chi connectivity index (χ1n) is 5.89. The third-order valence-electron chi connectivity index (χ3n) is 3.38. The van der Waals surface area contributed by atoms with Gasteiger partial charge in [-0.15, -0.1) is 0 Å². The molecule has 0 aliphatic heterocycles. The molecule has 1 atom stereocenters. The maximum atomic E-state index is 11.2. The van der Waals surface area contributed by atoms with E-state index in [4.69, 9.17) is 10.8 Å². The lowest BCUT2D eigenvalue weighted by Gasteiger charge is -2.24. The fourth-order valence-electron chi connectivity index (χ4n) is 2.44. The van der Waals surface area contributed by atoms with Crippen LogP contribution in [0.15, 0.2) is 41.5 Å². The summed E-state index contributed by atoms with van der Waals surface area (Å²) in [4.78, 5) is 22.4. The number of carbonyl (C=O) groups excluding carboxylic acids is 1. The van der Waals surface area contributed by atoms with E-state index in [9.17, 15) is 9.59 Å². The Morgan fingerprint density at radius 3 is 2.39 bits per heavy atom. The van der Waals surface area contributed by atoms with E-state index in [1.807, 2.05) is 30.3 Å². The van der Waals surface area contributed by atoms with Gasteiger partial charge in [-0.25, -0.2) is 4.79 Å². The van der Waals surface area contributed by atoms with Gasteiger partial charge in [-0.1, -0.05) is 30.3 Å². The van der Waals surface area contributed by atoms with Crippen molar-refractivity contribution in [3.8, 4) is 0 Å².